The Morgan fingerprint density at radius 2 is 1.83 bits per heavy atom. The van der Waals surface area contributed by atoms with Crippen LogP contribution in [0.5, 0.6) is 5.75 Å². The number of carbonyl (C=O) groups is 2. The number of anilines is 4. The molecule has 0 saturated carbocycles. The van der Waals surface area contributed by atoms with Crippen molar-refractivity contribution < 1.29 is 31.9 Å². The smallest absolute Gasteiger partial charge is 0.421 e. The van der Waals surface area contributed by atoms with E-state index < -0.39 is 36.2 Å². The molecule has 2 aliphatic rings. The monoisotopic (exact) mass is 643 g/mol. The molecule has 0 bridgehead atoms. The second kappa shape index (κ2) is 13.1. The molecule has 10 nitrogen and oxygen atoms in total. The SMILES string of the molecule is COc1cc(C(=O)NCC(C)(C)N2CCCC2)ccc1Nc1ncc(C(F)(F)F)c(Nc2cccc3c2C(=O)N(CCF)C3C)n1. The lowest BCUT2D eigenvalue weighted by atomic mass is 10.0. The molecule has 5 rings (SSSR count). The number of nitrogens with one attached hydrogen (secondary N) is 3. The van der Waals surface area contributed by atoms with Crippen molar-refractivity contribution in [3.63, 3.8) is 0 Å². The third-order valence-electron chi connectivity index (χ3n) is 8.52. The zero-order valence-electron chi connectivity index (χ0n) is 26.1. The van der Waals surface area contributed by atoms with Crippen LogP contribution in [0, 0.1) is 0 Å². The highest BCUT2D eigenvalue weighted by Gasteiger charge is 2.38. The minimum Gasteiger partial charge on any atom is -0.495 e. The van der Waals surface area contributed by atoms with E-state index in [2.05, 4.69) is 44.7 Å². The number of hydrogen-bond donors (Lipinski definition) is 3. The molecule has 0 spiro atoms. The summed E-state index contributed by atoms with van der Waals surface area (Å²) in [7, 11) is 1.40. The van der Waals surface area contributed by atoms with Crippen LogP contribution in [0.2, 0.25) is 0 Å². The van der Waals surface area contributed by atoms with Crippen LogP contribution in [0.4, 0.5) is 40.7 Å². The minimum absolute atomic E-state index is 0.103. The summed E-state index contributed by atoms with van der Waals surface area (Å²) in [5.74, 6) is -1.31. The molecule has 1 aromatic heterocycles. The molecule has 2 aliphatic heterocycles. The summed E-state index contributed by atoms with van der Waals surface area (Å²) in [5.41, 5.74) is 0.129. The van der Waals surface area contributed by atoms with Crippen LogP contribution in [0.15, 0.2) is 42.6 Å². The summed E-state index contributed by atoms with van der Waals surface area (Å²) < 4.78 is 60.7. The van der Waals surface area contributed by atoms with Crippen LogP contribution < -0.4 is 20.7 Å². The molecule has 0 aliphatic carbocycles. The number of rotatable bonds is 11. The largest absolute Gasteiger partial charge is 0.495 e. The summed E-state index contributed by atoms with van der Waals surface area (Å²) in [6.07, 6.45) is -1.91. The quantitative estimate of drug-likeness (QED) is 0.216. The molecule has 14 heteroatoms. The first-order chi connectivity index (χ1) is 21.8. The molecule has 3 aromatic rings. The van der Waals surface area contributed by atoms with E-state index in [1.54, 1.807) is 31.2 Å². The molecule has 3 heterocycles. The van der Waals surface area contributed by atoms with E-state index in [-0.39, 0.29) is 40.9 Å². The highest BCUT2D eigenvalue weighted by atomic mass is 19.4. The van der Waals surface area contributed by atoms with Crippen LogP contribution in [0.1, 0.15) is 71.5 Å². The van der Waals surface area contributed by atoms with Gasteiger partial charge in [-0.1, -0.05) is 12.1 Å². The van der Waals surface area contributed by atoms with Crippen molar-refractivity contribution in [1.29, 1.82) is 0 Å². The van der Waals surface area contributed by atoms with Crippen molar-refractivity contribution in [2.45, 2.75) is 51.4 Å². The number of fused-ring (bicyclic) bond motifs is 1. The van der Waals surface area contributed by atoms with Gasteiger partial charge in [-0.15, -0.1) is 0 Å². The predicted molar refractivity (Wildman–Crippen MR) is 166 cm³/mol. The number of nitrogens with zero attached hydrogens (tertiary/aromatic N) is 4. The zero-order valence-corrected chi connectivity index (χ0v) is 26.1. The molecular weight excluding hydrogens is 606 g/mol. The third kappa shape index (κ3) is 6.71. The van der Waals surface area contributed by atoms with Gasteiger partial charge in [-0.05, 0) is 76.5 Å². The molecule has 1 fully saturated rings. The van der Waals surface area contributed by atoms with Crippen LogP contribution in [0.25, 0.3) is 0 Å². The Bertz CT molecular complexity index is 1610. The van der Waals surface area contributed by atoms with E-state index >= 15 is 0 Å². The summed E-state index contributed by atoms with van der Waals surface area (Å²) in [6, 6.07) is 8.95. The van der Waals surface area contributed by atoms with Crippen molar-refractivity contribution in [1.82, 2.24) is 25.1 Å². The van der Waals surface area contributed by atoms with Gasteiger partial charge in [0.1, 0.15) is 23.8 Å². The van der Waals surface area contributed by atoms with E-state index in [0.717, 1.165) is 25.9 Å². The second-order valence-corrected chi connectivity index (χ2v) is 11.9. The molecule has 2 aromatic carbocycles. The number of halogens is 4. The van der Waals surface area contributed by atoms with Gasteiger partial charge in [0.15, 0.2) is 0 Å². The maximum absolute atomic E-state index is 14.0. The van der Waals surface area contributed by atoms with Gasteiger partial charge in [0.05, 0.1) is 30.1 Å². The number of amides is 2. The Hall–Kier alpha value is -4.46. The average molecular weight is 644 g/mol. The molecule has 3 N–H and O–H groups in total. The van der Waals surface area contributed by atoms with Crippen LogP contribution in [-0.2, 0) is 6.18 Å². The first kappa shape index (κ1) is 32.9. The van der Waals surface area contributed by atoms with Crippen molar-refractivity contribution in [3.8, 4) is 5.75 Å². The Morgan fingerprint density at radius 3 is 2.50 bits per heavy atom. The number of hydrogen-bond acceptors (Lipinski definition) is 8. The van der Waals surface area contributed by atoms with Crippen LogP contribution in [-0.4, -0.2) is 77.1 Å². The molecule has 0 radical (unpaired) electrons. The van der Waals surface area contributed by atoms with Crippen molar-refractivity contribution in [2.75, 3.05) is 50.6 Å². The Morgan fingerprint density at radius 1 is 1.09 bits per heavy atom. The number of ether oxygens (including phenoxy) is 1. The van der Waals surface area contributed by atoms with E-state index in [0.29, 0.717) is 29.6 Å². The summed E-state index contributed by atoms with van der Waals surface area (Å²) in [4.78, 5) is 37.7. The summed E-state index contributed by atoms with van der Waals surface area (Å²) >= 11 is 0. The molecule has 1 saturated heterocycles. The van der Waals surface area contributed by atoms with Gasteiger partial charge in [-0.25, -0.2) is 9.37 Å². The Labute approximate surface area is 264 Å². The van der Waals surface area contributed by atoms with E-state index in [9.17, 15) is 27.2 Å². The molecule has 246 valence electrons. The highest BCUT2D eigenvalue weighted by Crippen LogP contribution is 2.41. The van der Waals surface area contributed by atoms with E-state index in [1.807, 2.05) is 0 Å². The van der Waals surface area contributed by atoms with Crippen molar-refractivity contribution in [3.05, 3.63) is 64.8 Å². The first-order valence-corrected chi connectivity index (χ1v) is 15.0. The number of benzene rings is 2. The van der Waals surface area contributed by atoms with Gasteiger partial charge in [0.2, 0.25) is 5.95 Å². The molecule has 46 heavy (non-hydrogen) atoms. The zero-order chi connectivity index (χ0) is 33.2. The lowest BCUT2D eigenvalue weighted by Gasteiger charge is -2.35. The topological polar surface area (TPSA) is 112 Å². The lowest BCUT2D eigenvalue weighted by molar-refractivity contribution is -0.137. The molecule has 1 atom stereocenters. The van der Waals surface area contributed by atoms with E-state index in [1.165, 1.54) is 24.1 Å². The van der Waals surface area contributed by atoms with Gasteiger partial charge in [-0.3, -0.25) is 14.5 Å². The van der Waals surface area contributed by atoms with Gasteiger partial charge >= 0.3 is 6.18 Å². The standard InChI is InChI=1S/C32H37F4N7O3/c1-19-21-8-7-9-24(26(21)29(45)43(19)15-12-33)39-27-22(32(34,35)36)17-37-30(41-27)40-23-11-10-20(16-25(23)46-4)28(44)38-18-31(2,3)42-13-5-6-14-42/h7-11,16-17,19H,5-6,12-15,18H2,1-4H3,(H,38,44)(H2,37,39,40,41). The number of likely N-dealkylation sites (tertiary alicyclic amines) is 1. The van der Waals surface area contributed by atoms with Gasteiger partial charge < -0.3 is 25.6 Å². The second-order valence-electron chi connectivity index (χ2n) is 11.9. The fourth-order valence-electron chi connectivity index (χ4n) is 5.90. The Balaban J connectivity index is 1.38. The molecule has 2 amide bonds. The Kier molecular flexibility index (Phi) is 9.38. The summed E-state index contributed by atoms with van der Waals surface area (Å²) in [5, 5.41) is 8.53. The third-order valence-corrected chi connectivity index (χ3v) is 8.52. The van der Waals surface area contributed by atoms with Gasteiger partial charge in [0, 0.05) is 30.4 Å². The fraction of sp³-hybridized carbons (Fsp3) is 0.438. The molecule has 1 unspecified atom stereocenters. The average Bonchev–Trinajstić information content (AvgIpc) is 3.65. The highest BCUT2D eigenvalue weighted by molar-refractivity contribution is 6.04. The maximum atomic E-state index is 14.0. The number of alkyl halides is 4. The van der Waals surface area contributed by atoms with Gasteiger partial charge in [0.25, 0.3) is 11.8 Å². The van der Waals surface area contributed by atoms with Gasteiger partial charge in [-0.2, -0.15) is 18.2 Å². The number of aromatic nitrogens is 2. The molecular formula is C32H37F4N7O3. The van der Waals surface area contributed by atoms with Crippen molar-refractivity contribution >= 4 is 35.0 Å². The van der Waals surface area contributed by atoms with E-state index in [4.69, 9.17) is 4.74 Å². The van der Waals surface area contributed by atoms with Crippen LogP contribution in [0.3, 0.4) is 0 Å². The van der Waals surface area contributed by atoms with Crippen molar-refractivity contribution in [2.24, 2.45) is 0 Å². The van der Waals surface area contributed by atoms with Crippen LogP contribution >= 0.6 is 0 Å². The minimum atomic E-state index is -4.81. The maximum Gasteiger partial charge on any atom is 0.421 e. The fourth-order valence-corrected chi connectivity index (χ4v) is 5.90. The lowest BCUT2D eigenvalue weighted by Crippen LogP contribution is -2.50. The number of methoxy groups -OCH3 is 1. The number of carbonyl (C=O) groups excluding carboxylic acids is 2. The predicted octanol–water partition coefficient (Wildman–Crippen LogP) is 6.08. The normalized spacial score (nSPS) is 16.8. The summed E-state index contributed by atoms with van der Waals surface area (Å²) in [6.45, 7) is 7.45. The first-order valence-electron chi connectivity index (χ1n) is 15.0.